The summed E-state index contributed by atoms with van der Waals surface area (Å²) in [5.74, 6) is -0.286. The first-order chi connectivity index (χ1) is 12.4. The van der Waals surface area contributed by atoms with Gasteiger partial charge in [0, 0.05) is 31.4 Å². The van der Waals surface area contributed by atoms with Gasteiger partial charge < -0.3 is 19.8 Å². The van der Waals surface area contributed by atoms with Crippen molar-refractivity contribution in [3.05, 3.63) is 41.8 Å². The van der Waals surface area contributed by atoms with Crippen molar-refractivity contribution in [2.24, 2.45) is 5.92 Å². The fourth-order valence-corrected chi connectivity index (χ4v) is 3.15. The molecule has 0 unspecified atom stereocenters. The van der Waals surface area contributed by atoms with Crippen LogP contribution in [0.4, 0.5) is 0 Å². The first-order valence-electron chi connectivity index (χ1n) is 8.36. The molecule has 0 radical (unpaired) electrons. The minimum absolute atomic E-state index is 0.102. The number of aromatic nitrogens is 3. The van der Waals surface area contributed by atoms with E-state index in [2.05, 4.69) is 20.4 Å². The van der Waals surface area contributed by atoms with Crippen molar-refractivity contribution in [2.75, 3.05) is 7.05 Å². The van der Waals surface area contributed by atoms with Gasteiger partial charge in [-0.05, 0) is 19.8 Å². The summed E-state index contributed by atoms with van der Waals surface area (Å²) >= 11 is 0. The number of amides is 2. The van der Waals surface area contributed by atoms with E-state index in [0.717, 1.165) is 5.69 Å². The second-order valence-corrected chi connectivity index (χ2v) is 6.54. The Kier molecular flexibility index (Phi) is 5.27. The van der Waals surface area contributed by atoms with Crippen LogP contribution < -0.4 is 5.32 Å². The highest BCUT2D eigenvalue weighted by Crippen LogP contribution is 2.28. The van der Waals surface area contributed by atoms with Crippen LogP contribution in [0.2, 0.25) is 0 Å². The van der Waals surface area contributed by atoms with E-state index < -0.39 is 18.1 Å². The third-order valence-corrected chi connectivity index (χ3v) is 4.44. The number of aliphatic hydroxyl groups is 1. The first-order valence-corrected chi connectivity index (χ1v) is 8.36. The molecular formula is C17H21N5O4. The summed E-state index contributed by atoms with van der Waals surface area (Å²) in [6.45, 7) is 2.12. The number of carbonyl (C=O) groups excluding carboxylic acids is 2. The number of rotatable bonds is 5. The molecule has 0 aromatic carbocycles. The number of hydrogen-bond donors (Lipinski definition) is 2. The molecule has 0 saturated heterocycles. The normalized spacial score (nSPS) is 22.2. The predicted molar refractivity (Wildman–Crippen MR) is 89.7 cm³/mol. The zero-order valence-electron chi connectivity index (χ0n) is 14.6. The van der Waals surface area contributed by atoms with Gasteiger partial charge in [0.05, 0.1) is 30.6 Å². The number of nitrogens with one attached hydrogen (secondary N) is 1. The SMILES string of the molecule is Cc1cc(CN(C)C(=O)[C@@H]2C[C@@H](O)[C@H](NC(=O)c3cnccn3)C2)on1. The molecule has 1 fully saturated rings. The summed E-state index contributed by atoms with van der Waals surface area (Å²) in [5, 5.41) is 16.8. The van der Waals surface area contributed by atoms with Gasteiger partial charge in [-0.3, -0.25) is 14.6 Å². The van der Waals surface area contributed by atoms with Gasteiger partial charge in [0.25, 0.3) is 5.91 Å². The van der Waals surface area contributed by atoms with Crippen LogP contribution >= 0.6 is 0 Å². The van der Waals surface area contributed by atoms with Gasteiger partial charge in [-0.1, -0.05) is 5.16 Å². The molecule has 0 bridgehead atoms. The van der Waals surface area contributed by atoms with Crippen LogP contribution in [0, 0.1) is 12.8 Å². The third-order valence-electron chi connectivity index (χ3n) is 4.44. The third kappa shape index (κ3) is 4.05. The van der Waals surface area contributed by atoms with E-state index in [1.165, 1.54) is 18.6 Å². The molecule has 2 aromatic rings. The molecule has 3 rings (SSSR count). The second kappa shape index (κ2) is 7.61. The van der Waals surface area contributed by atoms with Gasteiger partial charge in [0.2, 0.25) is 5.91 Å². The minimum Gasteiger partial charge on any atom is -0.391 e. The van der Waals surface area contributed by atoms with Gasteiger partial charge in [-0.2, -0.15) is 0 Å². The lowest BCUT2D eigenvalue weighted by atomic mass is 10.1. The van der Waals surface area contributed by atoms with Crippen LogP contribution in [0.5, 0.6) is 0 Å². The lowest BCUT2D eigenvalue weighted by Crippen LogP contribution is -2.40. The fourth-order valence-electron chi connectivity index (χ4n) is 3.15. The molecular weight excluding hydrogens is 338 g/mol. The standard InChI is InChI=1S/C17H21N5O4/c1-10-5-12(26-21-10)9-22(2)17(25)11-6-13(15(23)7-11)20-16(24)14-8-18-3-4-19-14/h3-5,8,11,13,15,23H,6-7,9H2,1-2H3,(H,20,24)/t11-,13+,15+/m0/s1. The Balaban J connectivity index is 1.57. The van der Waals surface area contributed by atoms with E-state index in [9.17, 15) is 14.7 Å². The van der Waals surface area contributed by atoms with Gasteiger partial charge in [-0.25, -0.2) is 4.98 Å². The van der Waals surface area contributed by atoms with E-state index in [-0.39, 0.29) is 17.5 Å². The lowest BCUT2D eigenvalue weighted by molar-refractivity contribution is -0.135. The lowest BCUT2D eigenvalue weighted by Gasteiger charge is -2.19. The van der Waals surface area contributed by atoms with E-state index >= 15 is 0 Å². The molecule has 2 aromatic heterocycles. The topological polar surface area (TPSA) is 121 Å². The van der Waals surface area contributed by atoms with E-state index in [1.54, 1.807) is 18.0 Å². The molecule has 9 heteroatoms. The number of nitrogens with zero attached hydrogens (tertiary/aromatic N) is 4. The van der Waals surface area contributed by atoms with Gasteiger partial charge >= 0.3 is 0 Å². The number of aryl methyl sites for hydroxylation is 1. The van der Waals surface area contributed by atoms with Crippen molar-refractivity contribution >= 4 is 11.8 Å². The maximum atomic E-state index is 12.6. The summed E-state index contributed by atoms with van der Waals surface area (Å²) in [6.07, 6.45) is 4.13. The quantitative estimate of drug-likeness (QED) is 0.787. The summed E-state index contributed by atoms with van der Waals surface area (Å²) < 4.78 is 5.13. The van der Waals surface area contributed by atoms with E-state index in [4.69, 9.17) is 4.52 Å². The van der Waals surface area contributed by atoms with Crippen molar-refractivity contribution in [3.63, 3.8) is 0 Å². The fraction of sp³-hybridized carbons (Fsp3) is 0.471. The second-order valence-electron chi connectivity index (χ2n) is 6.54. The Hall–Kier alpha value is -2.81. The van der Waals surface area contributed by atoms with Crippen LogP contribution in [0.25, 0.3) is 0 Å². The molecule has 2 amide bonds. The predicted octanol–water partition coefficient (Wildman–Crippen LogP) is 0.301. The number of hydrogen-bond acceptors (Lipinski definition) is 7. The average molecular weight is 359 g/mol. The molecule has 2 heterocycles. The Morgan fingerprint density at radius 2 is 2.19 bits per heavy atom. The molecule has 1 aliphatic rings. The first kappa shape index (κ1) is 18.0. The smallest absolute Gasteiger partial charge is 0.271 e. The van der Waals surface area contributed by atoms with Crippen molar-refractivity contribution in [3.8, 4) is 0 Å². The molecule has 2 N–H and O–H groups in total. The Morgan fingerprint density at radius 1 is 1.38 bits per heavy atom. The van der Waals surface area contributed by atoms with Crippen LogP contribution in [-0.4, -0.2) is 56.1 Å². The molecule has 9 nitrogen and oxygen atoms in total. The van der Waals surface area contributed by atoms with Crippen molar-refractivity contribution in [1.82, 2.24) is 25.3 Å². The molecule has 138 valence electrons. The van der Waals surface area contributed by atoms with Gasteiger partial charge in [0.15, 0.2) is 5.76 Å². The molecule has 3 atom stereocenters. The number of aliphatic hydroxyl groups excluding tert-OH is 1. The Labute approximate surface area is 150 Å². The highest BCUT2D eigenvalue weighted by molar-refractivity contribution is 5.92. The average Bonchev–Trinajstić information content (AvgIpc) is 3.20. The van der Waals surface area contributed by atoms with Crippen molar-refractivity contribution in [2.45, 2.75) is 38.5 Å². The maximum absolute atomic E-state index is 12.6. The summed E-state index contributed by atoms with van der Waals surface area (Å²) in [6, 6.07) is 1.27. The molecule has 26 heavy (non-hydrogen) atoms. The van der Waals surface area contributed by atoms with Crippen LogP contribution in [0.1, 0.15) is 34.8 Å². The zero-order valence-corrected chi connectivity index (χ0v) is 14.6. The monoisotopic (exact) mass is 359 g/mol. The van der Waals surface area contributed by atoms with E-state index in [1.807, 2.05) is 6.92 Å². The Morgan fingerprint density at radius 3 is 2.85 bits per heavy atom. The van der Waals surface area contributed by atoms with Crippen LogP contribution in [0.15, 0.2) is 29.2 Å². The van der Waals surface area contributed by atoms with Gasteiger partial charge in [-0.15, -0.1) is 0 Å². The molecule has 0 spiro atoms. The highest BCUT2D eigenvalue weighted by atomic mass is 16.5. The van der Waals surface area contributed by atoms with Crippen molar-refractivity contribution < 1.29 is 19.2 Å². The zero-order chi connectivity index (χ0) is 18.7. The molecule has 0 aliphatic heterocycles. The van der Waals surface area contributed by atoms with Gasteiger partial charge in [0.1, 0.15) is 5.69 Å². The summed E-state index contributed by atoms with van der Waals surface area (Å²) in [7, 11) is 1.68. The number of carbonyl (C=O) groups is 2. The molecule has 1 aliphatic carbocycles. The largest absolute Gasteiger partial charge is 0.391 e. The Bertz CT molecular complexity index is 778. The van der Waals surface area contributed by atoms with E-state index in [0.29, 0.717) is 25.1 Å². The maximum Gasteiger partial charge on any atom is 0.271 e. The highest BCUT2D eigenvalue weighted by Gasteiger charge is 2.39. The van der Waals surface area contributed by atoms with Crippen molar-refractivity contribution in [1.29, 1.82) is 0 Å². The summed E-state index contributed by atoms with van der Waals surface area (Å²) in [4.78, 5) is 34.1. The van der Waals surface area contributed by atoms with Crippen LogP contribution in [0.3, 0.4) is 0 Å². The van der Waals surface area contributed by atoms with Crippen LogP contribution in [-0.2, 0) is 11.3 Å². The minimum atomic E-state index is -0.787. The summed E-state index contributed by atoms with van der Waals surface area (Å²) in [5.41, 5.74) is 0.927. The molecule has 1 saturated carbocycles.